The number of hydrogen-bond acceptors (Lipinski definition) is 7. The van der Waals surface area contributed by atoms with E-state index in [0.29, 0.717) is 16.5 Å². The highest BCUT2D eigenvalue weighted by Gasteiger charge is 2.28. The molecule has 3 aliphatic rings. The van der Waals surface area contributed by atoms with Gasteiger partial charge in [-0.05, 0) is 35.9 Å². The maximum Gasteiger partial charge on any atom is 0.257 e. The fourth-order valence-corrected chi connectivity index (χ4v) is 5.92. The second-order valence-electron chi connectivity index (χ2n) is 9.04. The van der Waals surface area contributed by atoms with Gasteiger partial charge in [0.15, 0.2) is 11.5 Å². The number of ether oxygens (including phenoxy) is 2. The maximum absolute atomic E-state index is 14.3. The van der Waals surface area contributed by atoms with Crippen molar-refractivity contribution in [2.45, 2.75) is 6.54 Å². The Hall–Kier alpha value is -3.04. The molecule has 0 atom stereocenters. The molecule has 0 N–H and O–H groups in total. The molecule has 1 amide bonds. The molecule has 182 valence electrons. The summed E-state index contributed by atoms with van der Waals surface area (Å²) < 4.78 is 25.2. The van der Waals surface area contributed by atoms with E-state index in [-0.39, 0.29) is 18.5 Å². The normalized spacial score (nSPS) is 18.3. The van der Waals surface area contributed by atoms with Crippen molar-refractivity contribution in [3.63, 3.8) is 0 Å². The molecule has 2 fully saturated rings. The number of nitrogens with zero attached hydrogens (tertiary/aromatic N) is 4. The lowest BCUT2D eigenvalue weighted by atomic mass is 10.1. The number of piperazine rings is 1. The highest BCUT2D eigenvalue weighted by atomic mass is 32.2. The summed E-state index contributed by atoms with van der Waals surface area (Å²) >= 11 is 1.87. The maximum atomic E-state index is 14.3. The van der Waals surface area contributed by atoms with Gasteiger partial charge in [0, 0.05) is 68.9 Å². The summed E-state index contributed by atoms with van der Waals surface area (Å²) in [5, 5.41) is 0.700. The van der Waals surface area contributed by atoms with Crippen LogP contribution in [-0.2, 0) is 6.54 Å². The number of rotatable bonds is 4. The van der Waals surface area contributed by atoms with Crippen LogP contribution in [0.3, 0.4) is 0 Å². The summed E-state index contributed by atoms with van der Waals surface area (Å²) in [7, 11) is 0. The summed E-state index contributed by atoms with van der Waals surface area (Å²) in [5.74, 6) is 3.14. The van der Waals surface area contributed by atoms with Crippen LogP contribution in [0.2, 0.25) is 0 Å². The number of fused-ring (bicyclic) bond motifs is 2. The van der Waals surface area contributed by atoms with Gasteiger partial charge in [-0.2, -0.15) is 11.8 Å². The van der Waals surface area contributed by atoms with Crippen LogP contribution in [0, 0.1) is 5.82 Å². The second-order valence-corrected chi connectivity index (χ2v) is 10.3. The molecule has 4 heterocycles. The molecular formula is C26H27FN4O3S. The van der Waals surface area contributed by atoms with Gasteiger partial charge in [0.05, 0.1) is 16.8 Å². The molecule has 2 aromatic carbocycles. The van der Waals surface area contributed by atoms with Crippen molar-refractivity contribution in [3.05, 3.63) is 59.5 Å². The zero-order chi connectivity index (χ0) is 23.8. The minimum absolute atomic E-state index is 0.0123. The highest BCUT2D eigenvalue weighted by Crippen LogP contribution is 2.34. The first kappa shape index (κ1) is 22.4. The van der Waals surface area contributed by atoms with Gasteiger partial charge in [-0.1, -0.05) is 6.07 Å². The Morgan fingerprint density at radius 1 is 0.971 bits per heavy atom. The number of pyridine rings is 1. The molecule has 0 unspecified atom stereocenters. The lowest BCUT2D eigenvalue weighted by molar-refractivity contribution is 0.0772. The Balaban J connectivity index is 1.25. The molecule has 3 aliphatic heterocycles. The molecule has 7 nitrogen and oxygen atoms in total. The van der Waals surface area contributed by atoms with Gasteiger partial charge in [0.2, 0.25) is 6.79 Å². The van der Waals surface area contributed by atoms with E-state index in [1.807, 2.05) is 28.8 Å². The fraction of sp³-hybridized carbons (Fsp3) is 0.385. The van der Waals surface area contributed by atoms with E-state index in [1.54, 1.807) is 12.3 Å². The molecule has 6 rings (SSSR count). The molecule has 0 aliphatic carbocycles. The van der Waals surface area contributed by atoms with E-state index in [0.717, 1.165) is 74.5 Å². The van der Waals surface area contributed by atoms with Crippen molar-refractivity contribution >= 4 is 34.3 Å². The van der Waals surface area contributed by atoms with E-state index >= 15 is 0 Å². The molecule has 3 aromatic rings. The zero-order valence-electron chi connectivity index (χ0n) is 19.4. The van der Waals surface area contributed by atoms with E-state index in [9.17, 15) is 9.18 Å². The van der Waals surface area contributed by atoms with Gasteiger partial charge in [0.1, 0.15) is 5.82 Å². The summed E-state index contributed by atoms with van der Waals surface area (Å²) in [4.78, 5) is 24.5. The van der Waals surface area contributed by atoms with Crippen LogP contribution in [0.15, 0.2) is 42.6 Å². The van der Waals surface area contributed by atoms with Crippen molar-refractivity contribution in [2.24, 2.45) is 0 Å². The van der Waals surface area contributed by atoms with Crippen LogP contribution < -0.4 is 14.4 Å². The van der Waals surface area contributed by atoms with E-state index in [4.69, 9.17) is 9.47 Å². The number of benzene rings is 2. The number of hydrogen-bond donors (Lipinski definition) is 0. The number of carbonyl (C=O) groups is 1. The van der Waals surface area contributed by atoms with Crippen molar-refractivity contribution in [3.8, 4) is 11.5 Å². The Morgan fingerprint density at radius 3 is 2.60 bits per heavy atom. The minimum Gasteiger partial charge on any atom is -0.454 e. The largest absolute Gasteiger partial charge is 0.454 e. The highest BCUT2D eigenvalue weighted by molar-refractivity contribution is 7.99. The van der Waals surface area contributed by atoms with Gasteiger partial charge >= 0.3 is 0 Å². The molecule has 2 saturated heterocycles. The Labute approximate surface area is 207 Å². The van der Waals surface area contributed by atoms with E-state index in [2.05, 4.69) is 20.9 Å². The predicted molar refractivity (Wildman–Crippen MR) is 135 cm³/mol. The number of anilines is 1. The average Bonchev–Trinajstić information content (AvgIpc) is 3.37. The molecular weight excluding hydrogens is 467 g/mol. The van der Waals surface area contributed by atoms with Crippen LogP contribution in [0.1, 0.15) is 15.9 Å². The molecule has 0 radical (unpaired) electrons. The molecule has 0 saturated carbocycles. The Bertz CT molecular complexity index is 1260. The molecule has 9 heteroatoms. The third-order valence-electron chi connectivity index (χ3n) is 6.86. The van der Waals surface area contributed by atoms with Crippen LogP contribution in [0.5, 0.6) is 11.5 Å². The molecule has 0 spiro atoms. The zero-order valence-corrected chi connectivity index (χ0v) is 20.2. The molecule has 0 bridgehead atoms. The smallest absolute Gasteiger partial charge is 0.257 e. The van der Waals surface area contributed by atoms with Crippen molar-refractivity contribution < 1.29 is 18.7 Å². The quantitative estimate of drug-likeness (QED) is 0.549. The summed E-state index contributed by atoms with van der Waals surface area (Å²) in [6.45, 7) is 5.71. The van der Waals surface area contributed by atoms with Gasteiger partial charge in [-0.3, -0.25) is 14.7 Å². The van der Waals surface area contributed by atoms with Gasteiger partial charge in [0.25, 0.3) is 5.91 Å². The summed E-state index contributed by atoms with van der Waals surface area (Å²) in [5.41, 5.74) is 3.26. The topological polar surface area (TPSA) is 58.1 Å². The standard InChI is InChI=1S/C26H27FN4O3S/c27-19-2-3-22-20(14-19)25(21(15-28-22)26(32)31-9-11-35-12-10-31)30-7-5-29(6-8-30)16-18-1-4-23-24(13-18)34-17-33-23/h1-4,13-15H,5-12,16-17H2. The summed E-state index contributed by atoms with van der Waals surface area (Å²) in [6, 6.07) is 10.7. The summed E-state index contributed by atoms with van der Waals surface area (Å²) in [6.07, 6.45) is 1.68. The van der Waals surface area contributed by atoms with E-state index < -0.39 is 0 Å². The average molecular weight is 495 g/mol. The van der Waals surface area contributed by atoms with Crippen LogP contribution >= 0.6 is 11.8 Å². The predicted octanol–water partition coefficient (Wildman–Crippen LogP) is 3.61. The van der Waals surface area contributed by atoms with Crippen molar-refractivity contribution in [1.29, 1.82) is 0 Å². The lowest BCUT2D eigenvalue weighted by Crippen LogP contribution is -2.47. The second kappa shape index (κ2) is 9.54. The van der Waals surface area contributed by atoms with Crippen molar-refractivity contribution in [2.75, 3.05) is 62.5 Å². The number of aromatic nitrogens is 1. The molecule has 1 aromatic heterocycles. The SMILES string of the molecule is O=C(c1cnc2ccc(F)cc2c1N1CCN(Cc2ccc3c(c2)OCO3)CC1)N1CCSCC1. The van der Waals surface area contributed by atoms with Crippen LogP contribution in [0.4, 0.5) is 10.1 Å². The number of amides is 1. The van der Waals surface area contributed by atoms with Gasteiger partial charge in [-0.25, -0.2) is 4.39 Å². The fourth-order valence-electron chi connectivity index (χ4n) is 5.01. The minimum atomic E-state index is -0.319. The first-order valence-corrected chi connectivity index (χ1v) is 13.1. The Kier molecular flexibility index (Phi) is 6.12. The first-order chi connectivity index (χ1) is 17.2. The molecule has 35 heavy (non-hydrogen) atoms. The monoisotopic (exact) mass is 494 g/mol. The third-order valence-corrected chi connectivity index (χ3v) is 7.80. The van der Waals surface area contributed by atoms with Crippen LogP contribution in [-0.4, -0.2) is 78.3 Å². The number of carbonyl (C=O) groups excluding carboxylic acids is 1. The Morgan fingerprint density at radius 2 is 1.77 bits per heavy atom. The number of thioether (sulfide) groups is 1. The van der Waals surface area contributed by atoms with Crippen LogP contribution in [0.25, 0.3) is 10.9 Å². The number of halogens is 1. The van der Waals surface area contributed by atoms with E-state index in [1.165, 1.54) is 17.7 Å². The first-order valence-electron chi connectivity index (χ1n) is 12.0. The van der Waals surface area contributed by atoms with Crippen molar-refractivity contribution in [1.82, 2.24) is 14.8 Å². The van der Waals surface area contributed by atoms with Gasteiger partial charge < -0.3 is 19.3 Å². The third kappa shape index (κ3) is 4.50. The van der Waals surface area contributed by atoms with Gasteiger partial charge in [-0.15, -0.1) is 0 Å². The lowest BCUT2D eigenvalue weighted by Gasteiger charge is -2.38.